The van der Waals surface area contributed by atoms with Gasteiger partial charge < -0.3 is 19.9 Å². The van der Waals surface area contributed by atoms with E-state index in [1.807, 2.05) is 14.1 Å². The highest BCUT2D eigenvalue weighted by molar-refractivity contribution is 5.96. The Morgan fingerprint density at radius 3 is 2.81 bits per heavy atom. The molecule has 2 aromatic rings. The van der Waals surface area contributed by atoms with E-state index in [2.05, 4.69) is 15.3 Å². The maximum absolute atomic E-state index is 13.9. The lowest BCUT2D eigenvalue weighted by molar-refractivity contribution is 0.0790. The number of nitrogens with zero attached hydrogens (tertiary/aromatic N) is 4. The zero-order valence-corrected chi connectivity index (χ0v) is 18.3. The average Bonchev–Trinajstić information content (AvgIpc) is 3.25. The minimum Gasteiger partial charge on any atom is -0.383 e. The zero-order chi connectivity index (χ0) is 22.5. The summed E-state index contributed by atoms with van der Waals surface area (Å²) in [5, 5.41) is 2.80. The van der Waals surface area contributed by atoms with Gasteiger partial charge in [0.1, 0.15) is 5.82 Å². The summed E-state index contributed by atoms with van der Waals surface area (Å²) < 4.78 is 18.9. The summed E-state index contributed by atoms with van der Waals surface area (Å²) in [4.78, 5) is 37.9. The average molecular weight is 429 g/mol. The predicted octanol–water partition coefficient (Wildman–Crippen LogP) is 2.00. The SMILES string of the molecule is COCCNC(=O)c1cnc(N(C)C)nc1C1CCN(C(=O)c2ccc(C)c(F)c2)C1. The molecule has 2 amide bonds. The van der Waals surface area contributed by atoms with E-state index in [0.717, 1.165) is 0 Å². The minimum absolute atomic E-state index is 0.121. The molecule has 1 atom stereocenters. The molecule has 1 aromatic carbocycles. The van der Waals surface area contributed by atoms with Gasteiger partial charge in [-0.05, 0) is 31.0 Å². The summed E-state index contributed by atoms with van der Waals surface area (Å²) in [6.45, 7) is 3.34. The fourth-order valence-corrected chi connectivity index (χ4v) is 3.53. The summed E-state index contributed by atoms with van der Waals surface area (Å²) in [6, 6.07) is 4.51. The van der Waals surface area contributed by atoms with Crippen LogP contribution in [0.5, 0.6) is 0 Å². The zero-order valence-electron chi connectivity index (χ0n) is 18.3. The first-order chi connectivity index (χ1) is 14.8. The second kappa shape index (κ2) is 9.82. The molecular weight excluding hydrogens is 401 g/mol. The van der Waals surface area contributed by atoms with E-state index in [-0.39, 0.29) is 17.7 Å². The molecule has 1 aliphatic heterocycles. The fourth-order valence-electron chi connectivity index (χ4n) is 3.53. The Morgan fingerprint density at radius 2 is 2.13 bits per heavy atom. The van der Waals surface area contributed by atoms with Crippen LogP contribution in [0.25, 0.3) is 0 Å². The largest absolute Gasteiger partial charge is 0.383 e. The summed E-state index contributed by atoms with van der Waals surface area (Å²) in [5.41, 5.74) is 1.82. The van der Waals surface area contributed by atoms with Crippen molar-refractivity contribution >= 4 is 17.8 Å². The van der Waals surface area contributed by atoms with Crippen molar-refractivity contribution in [2.45, 2.75) is 19.3 Å². The van der Waals surface area contributed by atoms with Gasteiger partial charge in [0.05, 0.1) is 17.9 Å². The van der Waals surface area contributed by atoms with Crippen LogP contribution < -0.4 is 10.2 Å². The third-order valence-corrected chi connectivity index (χ3v) is 5.32. The number of anilines is 1. The molecule has 0 bridgehead atoms. The number of carbonyl (C=O) groups excluding carboxylic acids is 2. The molecule has 1 aliphatic rings. The van der Waals surface area contributed by atoms with Crippen LogP contribution in [-0.2, 0) is 4.74 Å². The summed E-state index contributed by atoms with van der Waals surface area (Å²) >= 11 is 0. The molecule has 0 radical (unpaired) electrons. The van der Waals surface area contributed by atoms with Gasteiger partial charge in [0, 0.05) is 58.5 Å². The third-order valence-electron chi connectivity index (χ3n) is 5.32. The Labute approximate surface area is 181 Å². The van der Waals surface area contributed by atoms with Crippen molar-refractivity contribution in [3.05, 3.63) is 52.6 Å². The Balaban J connectivity index is 1.82. The third kappa shape index (κ3) is 5.16. The van der Waals surface area contributed by atoms with Crippen LogP contribution in [0.3, 0.4) is 0 Å². The van der Waals surface area contributed by atoms with E-state index < -0.39 is 5.82 Å². The maximum atomic E-state index is 13.9. The molecule has 1 saturated heterocycles. The van der Waals surface area contributed by atoms with Gasteiger partial charge in [0.25, 0.3) is 11.8 Å². The highest BCUT2D eigenvalue weighted by Crippen LogP contribution is 2.30. The lowest BCUT2D eigenvalue weighted by Gasteiger charge is -2.19. The Kier molecular flexibility index (Phi) is 7.17. The van der Waals surface area contributed by atoms with Crippen molar-refractivity contribution in [1.82, 2.24) is 20.2 Å². The normalized spacial score (nSPS) is 15.8. The Morgan fingerprint density at radius 1 is 1.35 bits per heavy atom. The Bertz CT molecular complexity index is 966. The molecule has 166 valence electrons. The number of methoxy groups -OCH3 is 1. The van der Waals surface area contributed by atoms with Crippen molar-refractivity contribution in [3.8, 4) is 0 Å². The van der Waals surface area contributed by atoms with Crippen LogP contribution in [0, 0.1) is 12.7 Å². The van der Waals surface area contributed by atoms with Crippen molar-refractivity contribution < 1.29 is 18.7 Å². The highest BCUT2D eigenvalue weighted by Gasteiger charge is 2.32. The highest BCUT2D eigenvalue weighted by atomic mass is 19.1. The molecule has 0 saturated carbocycles. The lowest BCUT2D eigenvalue weighted by atomic mass is 9.99. The van der Waals surface area contributed by atoms with Gasteiger partial charge in [-0.25, -0.2) is 14.4 Å². The monoisotopic (exact) mass is 429 g/mol. The molecule has 1 fully saturated rings. The minimum atomic E-state index is -0.400. The van der Waals surface area contributed by atoms with Crippen molar-refractivity contribution in [1.29, 1.82) is 0 Å². The second-order valence-electron chi connectivity index (χ2n) is 7.81. The number of likely N-dealkylation sites (tertiary alicyclic amines) is 1. The Hall–Kier alpha value is -3.07. The number of ether oxygens (including phenoxy) is 1. The lowest BCUT2D eigenvalue weighted by Crippen LogP contribution is -2.31. The van der Waals surface area contributed by atoms with Gasteiger partial charge in [0.15, 0.2) is 0 Å². The molecule has 9 heteroatoms. The van der Waals surface area contributed by atoms with Crippen molar-refractivity contribution in [2.24, 2.45) is 0 Å². The van der Waals surface area contributed by atoms with Crippen LogP contribution >= 0.6 is 0 Å². The number of benzene rings is 1. The van der Waals surface area contributed by atoms with Gasteiger partial charge in [-0.15, -0.1) is 0 Å². The molecule has 31 heavy (non-hydrogen) atoms. The summed E-state index contributed by atoms with van der Waals surface area (Å²) in [6.07, 6.45) is 2.18. The van der Waals surface area contributed by atoms with E-state index in [4.69, 9.17) is 4.74 Å². The first kappa shape index (κ1) is 22.6. The topological polar surface area (TPSA) is 87.7 Å². The number of amides is 2. The molecule has 2 heterocycles. The van der Waals surface area contributed by atoms with Crippen LogP contribution in [0.4, 0.5) is 10.3 Å². The van der Waals surface area contributed by atoms with Crippen LogP contribution in [0.1, 0.15) is 44.3 Å². The molecule has 8 nitrogen and oxygen atoms in total. The predicted molar refractivity (Wildman–Crippen MR) is 115 cm³/mol. The fraction of sp³-hybridized carbons (Fsp3) is 0.455. The van der Waals surface area contributed by atoms with Crippen LogP contribution in [0.15, 0.2) is 24.4 Å². The first-order valence-electron chi connectivity index (χ1n) is 10.2. The van der Waals surface area contributed by atoms with Gasteiger partial charge in [-0.2, -0.15) is 0 Å². The van der Waals surface area contributed by atoms with Gasteiger partial charge >= 0.3 is 0 Å². The number of nitrogens with one attached hydrogen (secondary N) is 1. The van der Waals surface area contributed by atoms with Crippen molar-refractivity contribution in [2.75, 3.05) is 52.3 Å². The van der Waals surface area contributed by atoms with E-state index >= 15 is 0 Å². The maximum Gasteiger partial charge on any atom is 0.254 e. The summed E-state index contributed by atoms with van der Waals surface area (Å²) in [5.74, 6) is -0.530. The number of hydrogen-bond acceptors (Lipinski definition) is 6. The standard InChI is InChI=1S/C22H28FN5O3/c1-14-5-6-15(11-18(14)23)21(30)28-9-7-16(13-28)19-17(20(29)24-8-10-31-4)12-25-22(26-19)27(2)3/h5-6,11-12,16H,7-10,13H2,1-4H3,(H,24,29). The van der Waals surface area contributed by atoms with Crippen molar-refractivity contribution in [3.63, 3.8) is 0 Å². The van der Waals surface area contributed by atoms with E-state index in [9.17, 15) is 14.0 Å². The van der Waals surface area contributed by atoms with Crippen LogP contribution in [-0.4, -0.2) is 74.1 Å². The number of aryl methyl sites for hydroxylation is 1. The molecule has 3 rings (SSSR count). The molecule has 0 spiro atoms. The number of rotatable bonds is 7. The first-order valence-corrected chi connectivity index (χ1v) is 10.2. The summed E-state index contributed by atoms with van der Waals surface area (Å²) in [7, 11) is 5.22. The second-order valence-corrected chi connectivity index (χ2v) is 7.81. The quantitative estimate of drug-likeness (QED) is 0.678. The number of halogens is 1. The van der Waals surface area contributed by atoms with E-state index in [1.54, 1.807) is 36.0 Å². The molecule has 1 N–H and O–H groups in total. The van der Waals surface area contributed by atoms with E-state index in [0.29, 0.717) is 61.0 Å². The molecule has 0 aliphatic carbocycles. The van der Waals surface area contributed by atoms with E-state index in [1.165, 1.54) is 12.3 Å². The molecular formula is C22H28FN5O3. The van der Waals surface area contributed by atoms with Gasteiger partial charge in [0.2, 0.25) is 5.95 Å². The number of hydrogen-bond donors (Lipinski definition) is 1. The van der Waals surface area contributed by atoms with Gasteiger partial charge in [-0.1, -0.05) is 6.07 Å². The number of carbonyl (C=O) groups is 2. The van der Waals surface area contributed by atoms with Crippen LogP contribution in [0.2, 0.25) is 0 Å². The molecule has 1 unspecified atom stereocenters. The number of aromatic nitrogens is 2. The smallest absolute Gasteiger partial charge is 0.254 e. The van der Waals surface area contributed by atoms with Gasteiger partial charge in [-0.3, -0.25) is 9.59 Å². The molecule has 1 aromatic heterocycles.